The Morgan fingerprint density at radius 1 is 1.20 bits per heavy atom. The number of carbonyl (C=O) groups excluding carboxylic acids is 1. The minimum atomic E-state index is -0.942. The van der Waals surface area contributed by atoms with Crippen molar-refractivity contribution >= 4 is 17.7 Å². The van der Waals surface area contributed by atoms with E-state index in [2.05, 4.69) is 5.32 Å². The molecule has 0 radical (unpaired) electrons. The third-order valence-corrected chi connectivity index (χ3v) is 3.20. The second-order valence-electron chi connectivity index (χ2n) is 4.55. The summed E-state index contributed by atoms with van der Waals surface area (Å²) in [7, 11) is 0. The Kier molecular flexibility index (Phi) is 2.90. The van der Waals surface area contributed by atoms with Crippen LogP contribution in [-0.2, 0) is 13.1 Å². The molecule has 0 unspecified atom stereocenters. The van der Waals surface area contributed by atoms with Crippen LogP contribution >= 0.6 is 0 Å². The highest BCUT2D eigenvalue weighted by Crippen LogP contribution is 2.26. The summed E-state index contributed by atoms with van der Waals surface area (Å²) >= 11 is 0. The van der Waals surface area contributed by atoms with E-state index in [0.717, 1.165) is 11.1 Å². The number of anilines is 1. The normalized spacial score (nSPS) is 13.1. The molecule has 2 amide bonds. The van der Waals surface area contributed by atoms with Crippen LogP contribution in [0.2, 0.25) is 0 Å². The molecular formula is C14H12N2O4. The maximum Gasteiger partial charge on any atom is 0.407 e. The van der Waals surface area contributed by atoms with Gasteiger partial charge in [-0.05, 0) is 35.4 Å². The van der Waals surface area contributed by atoms with Gasteiger partial charge in [-0.15, -0.1) is 0 Å². The number of hydrogen-bond acceptors (Lipinski definition) is 3. The molecule has 20 heavy (non-hydrogen) atoms. The zero-order valence-electron chi connectivity index (χ0n) is 10.5. The molecule has 2 aromatic rings. The molecule has 6 heteroatoms. The minimum absolute atomic E-state index is 0.234. The molecule has 0 atom stereocenters. The topological polar surface area (TPSA) is 82.8 Å². The highest BCUT2D eigenvalue weighted by Gasteiger charge is 2.23. The number of furan rings is 1. The molecule has 102 valence electrons. The number of carboxylic acid groups (broad SMARTS) is 1. The number of fused-ring (bicyclic) bond motifs is 1. The minimum Gasteiger partial charge on any atom is -0.465 e. The molecule has 1 aromatic heterocycles. The smallest absolute Gasteiger partial charge is 0.407 e. The average Bonchev–Trinajstić information content (AvgIpc) is 3.07. The molecule has 1 aliphatic heterocycles. The van der Waals surface area contributed by atoms with E-state index < -0.39 is 6.09 Å². The Balaban J connectivity index is 1.76. The van der Waals surface area contributed by atoms with Gasteiger partial charge >= 0.3 is 6.09 Å². The van der Waals surface area contributed by atoms with Gasteiger partial charge in [0, 0.05) is 18.8 Å². The fourth-order valence-electron chi connectivity index (χ4n) is 2.21. The van der Waals surface area contributed by atoms with Crippen LogP contribution in [0.3, 0.4) is 0 Å². The molecule has 0 aliphatic carbocycles. The summed E-state index contributed by atoms with van der Waals surface area (Å²) in [5, 5.41) is 11.7. The standard InChI is InChI=1S/C14H12N2O4/c17-13(12-2-1-5-20-12)15-11-4-3-9-7-16(14(18)19)8-10(9)6-11/h1-6H,7-8H2,(H,15,17)(H,18,19). The first kappa shape index (κ1) is 12.3. The summed E-state index contributed by atoms with van der Waals surface area (Å²) in [5.74, 6) is -0.0966. The van der Waals surface area contributed by atoms with Gasteiger partial charge in [0.05, 0.1) is 6.26 Å². The van der Waals surface area contributed by atoms with Crippen LogP contribution in [0.1, 0.15) is 21.7 Å². The van der Waals surface area contributed by atoms with E-state index in [1.54, 1.807) is 24.3 Å². The van der Waals surface area contributed by atoms with Crippen LogP contribution in [-0.4, -0.2) is 22.0 Å². The Labute approximate surface area is 114 Å². The molecule has 0 spiro atoms. The largest absolute Gasteiger partial charge is 0.465 e. The van der Waals surface area contributed by atoms with Crippen LogP contribution < -0.4 is 5.32 Å². The molecule has 1 aromatic carbocycles. The highest BCUT2D eigenvalue weighted by atomic mass is 16.4. The van der Waals surface area contributed by atoms with Crippen molar-refractivity contribution < 1.29 is 19.1 Å². The number of nitrogens with one attached hydrogen (secondary N) is 1. The van der Waals surface area contributed by atoms with Crippen molar-refractivity contribution in [1.29, 1.82) is 0 Å². The van der Waals surface area contributed by atoms with Gasteiger partial charge in [-0.2, -0.15) is 0 Å². The quantitative estimate of drug-likeness (QED) is 0.880. The van der Waals surface area contributed by atoms with Crippen LogP contribution in [0.4, 0.5) is 10.5 Å². The third-order valence-electron chi connectivity index (χ3n) is 3.20. The number of hydrogen-bond donors (Lipinski definition) is 2. The van der Waals surface area contributed by atoms with Gasteiger partial charge in [0.2, 0.25) is 0 Å². The van der Waals surface area contributed by atoms with Crippen molar-refractivity contribution in [2.75, 3.05) is 5.32 Å². The zero-order valence-corrected chi connectivity index (χ0v) is 10.5. The van der Waals surface area contributed by atoms with Gasteiger partial charge in [0.15, 0.2) is 5.76 Å². The lowest BCUT2D eigenvalue weighted by Crippen LogP contribution is -2.22. The monoisotopic (exact) mass is 272 g/mol. The number of rotatable bonds is 2. The predicted molar refractivity (Wildman–Crippen MR) is 70.4 cm³/mol. The Hall–Kier alpha value is -2.76. The van der Waals surface area contributed by atoms with Gasteiger partial charge in [-0.1, -0.05) is 6.07 Å². The molecule has 2 N–H and O–H groups in total. The maximum absolute atomic E-state index is 11.8. The van der Waals surface area contributed by atoms with Crippen LogP contribution in [0.15, 0.2) is 41.0 Å². The Bertz CT molecular complexity index is 664. The highest BCUT2D eigenvalue weighted by molar-refractivity contribution is 6.02. The van der Waals surface area contributed by atoms with Crippen molar-refractivity contribution in [3.05, 3.63) is 53.5 Å². The summed E-state index contributed by atoms with van der Waals surface area (Å²) in [6.07, 6.45) is 0.491. The average molecular weight is 272 g/mol. The molecule has 2 heterocycles. The fourth-order valence-corrected chi connectivity index (χ4v) is 2.21. The van der Waals surface area contributed by atoms with E-state index in [4.69, 9.17) is 9.52 Å². The summed E-state index contributed by atoms with van der Waals surface area (Å²) in [5.41, 5.74) is 2.49. The van der Waals surface area contributed by atoms with E-state index in [1.165, 1.54) is 11.2 Å². The lowest BCUT2D eigenvalue weighted by atomic mass is 10.1. The molecule has 0 saturated carbocycles. The number of amides is 2. The second-order valence-corrected chi connectivity index (χ2v) is 4.55. The van der Waals surface area contributed by atoms with E-state index in [0.29, 0.717) is 18.8 Å². The van der Waals surface area contributed by atoms with Crippen molar-refractivity contribution in [1.82, 2.24) is 4.90 Å². The first-order chi connectivity index (χ1) is 9.63. The van der Waals surface area contributed by atoms with Crippen LogP contribution in [0.25, 0.3) is 0 Å². The fraction of sp³-hybridized carbons (Fsp3) is 0.143. The molecule has 1 aliphatic rings. The van der Waals surface area contributed by atoms with E-state index in [1.807, 2.05) is 6.07 Å². The zero-order chi connectivity index (χ0) is 14.1. The molecule has 0 bridgehead atoms. The lowest BCUT2D eigenvalue weighted by Gasteiger charge is -2.08. The van der Waals surface area contributed by atoms with Gasteiger partial charge in [0.1, 0.15) is 0 Å². The van der Waals surface area contributed by atoms with Gasteiger partial charge in [-0.3, -0.25) is 9.69 Å². The number of carbonyl (C=O) groups is 2. The molecule has 3 rings (SSSR count). The van der Waals surface area contributed by atoms with Crippen LogP contribution in [0.5, 0.6) is 0 Å². The lowest BCUT2D eigenvalue weighted by molar-refractivity contribution is 0.0996. The summed E-state index contributed by atoms with van der Waals surface area (Å²) < 4.78 is 5.01. The summed E-state index contributed by atoms with van der Waals surface area (Å²) in [4.78, 5) is 24.1. The van der Waals surface area contributed by atoms with Crippen molar-refractivity contribution in [2.24, 2.45) is 0 Å². The Morgan fingerprint density at radius 2 is 2.00 bits per heavy atom. The van der Waals surface area contributed by atoms with E-state index >= 15 is 0 Å². The van der Waals surface area contributed by atoms with Crippen molar-refractivity contribution in [3.63, 3.8) is 0 Å². The molecule has 0 saturated heterocycles. The maximum atomic E-state index is 11.8. The summed E-state index contributed by atoms with van der Waals surface area (Å²) in [6.45, 7) is 0.728. The van der Waals surface area contributed by atoms with Gasteiger partial charge in [-0.25, -0.2) is 4.79 Å². The number of nitrogens with zero attached hydrogens (tertiary/aromatic N) is 1. The van der Waals surface area contributed by atoms with Crippen molar-refractivity contribution in [3.8, 4) is 0 Å². The SMILES string of the molecule is O=C(Nc1ccc2c(c1)CN(C(=O)O)C2)c1ccco1. The molecule has 6 nitrogen and oxygen atoms in total. The van der Waals surface area contributed by atoms with E-state index in [-0.39, 0.29) is 11.7 Å². The molecule has 0 fully saturated rings. The third kappa shape index (κ3) is 2.23. The summed E-state index contributed by atoms with van der Waals surface area (Å²) in [6, 6.07) is 8.59. The van der Waals surface area contributed by atoms with Crippen LogP contribution in [0, 0.1) is 0 Å². The number of benzene rings is 1. The molecular weight excluding hydrogens is 260 g/mol. The van der Waals surface area contributed by atoms with Crippen molar-refractivity contribution in [2.45, 2.75) is 13.1 Å². The Morgan fingerprint density at radius 3 is 2.70 bits per heavy atom. The first-order valence-corrected chi connectivity index (χ1v) is 6.08. The first-order valence-electron chi connectivity index (χ1n) is 6.08. The van der Waals surface area contributed by atoms with Gasteiger partial charge < -0.3 is 14.8 Å². The van der Waals surface area contributed by atoms with E-state index in [9.17, 15) is 9.59 Å². The second kappa shape index (κ2) is 4.73. The van der Waals surface area contributed by atoms with Gasteiger partial charge in [0.25, 0.3) is 5.91 Å². The predicted octanol–water partition coefficient (Wildman–Crippen LogP) is 2.53.